The third-order valence-corrected chi connectivity index (χ3v) is 4.03. The van der Waals surface area contributed by atoms with Gasteiger partial charge >= 0.3 is 0 Å². The van der Waals surface area contributed by atoms with Gasteiger partial charge in [-0.15, -0.1) is 0 Å². The van der Waals surface area contributed by atoms with Crippen molar-refractivity contribution in [2.45, 2.75) is 0 Å². The molecule has 1 aliphatic heterocycles. The Balaban J connectivity index is 1.64. The lowest BCUT2D eigenvalue weighted by Crippen LogP contribution is -2.14. The van der Waals surface area contributed by atoms with Gasteiger partial charge in [0.15, 0.2) is 11.5 Å². The van der Waals surface area contributed by atoms with Gasteiger partial charge in [0.2, 0.25) is 0 Å². The molecule has 0 saturated carbocycles. The largest absolute Gasteiger partial charge is 0.507 e. The molecule has 0 amide bonds. The first-order valence-corrected chi connectivity index (χ1v) is 8.12. The molecule has 0 bridgehead atoms. The fraction of sp³-hybridized carbons (Fsp3) is 0.0952. The molecule has 1 aliphatic rings. The molecule has 0 saturated heterocycles. The molecular weight excluding hydrogens is 314 g/mol. The van der Waals surface area contributed by atoms with Crippen molar-refractivity contribution in [1.82, 2.24) is 0 Å². The molecule has 0 spiro atoms. The average Bonchev–Trinajstić information content (AvgIpc) is 2.68. The van der Waals surface area contributed by atoms with Crippen molar-refractivity contribution in [3.63, 3.8) is 0 Å². The number of fused-ring (bicyclic) bond motifs is 1. The second kappa shape index (κ2) is 6.69. The monoisotopic (exact) mass is 331 g/mol. The summed E-state index contributed by atoms with van der Waals surface area (Å²) in [5.41, 5.74) is 3.16. The third kappa shape index (κ3) is 3.19. The molecule has 3 aromatic carbocycles. The van der Waals surface area contributed by atoms with Gasteiger partial charge in [0.1, 0.15) is 19.0 Å². The van der Waals surface area contributed by atoms with Crippen LogP contribution < -0.4 is 9.47 Å². The van der Waals surface area contributed by atoms with Crippen LogP contribution in [-0.2, 0) is 0 Å². The van der Waals surface area contributed by atoms with Gasteiger partial charge in [-0.2, -0.15) is 0 Å². The number of benzene rings is 3. The molecule has 0 aromatic heterocycles. The van der Waals surface area contributed by atoms with Gasteiger partial charge in [-0.1, -0.05) is 42.5 Å². The predicted octanol–water partition coefficient (Wildman–Crippen LogP) is 4.58. The summed E-state index contributed by atoms with van der Waals surface area (Å²) in [6.07, 6.45) is 1.66. The molecule has 4 nitrogen and oxygen atoms in total. The van der Waals surface area contributed by atoms with Gasteiger partial charge in [0.25, 0.3) is 0 Å². The maximum atomic E-state index is 10.6. The van der Waals surface area contributed by atoms with Crippen molar-refractivity contribution in [1.29, 1.82) is 0 Å². The molecule has 0 atom stereocenters. The van der Waals surface area contributed by atoms with E-state index in [9.17, 15) is 5.11 Å². The van der Waals surface area contributed by atoms with Crippen molar-refractivity contribution < 1.29 is 14.6 Å². The van der Waals surface area contributed by atoms with E-state index in [1.54, 1.807) is 6.21 Å². The van der Waals surface area contributed by atoms with Crippen molar-refractivity contribution in [3.05, 3.63) is 72.3 Å². The van der Waals surface area contributed by atoms with Crippen LogP contribution in [0.5, 0.6) is 17.2 Å². The number of aromatic hydroxyl groups is 1. The summed E-state index contributed by atoms with van der Waals surface area (Å²) >= 11 is 0. The van der Waals surface area contributed by atoms with Crippen LogP contribution in [0.3, 0.4) is 0 Å². The van der Waals surface area contributed by atoms with Gasteiger partial charge in [0, 0.05) is 23.4 Å². The van der Waals surface area contributed by atoms with E-state index in [-0.39, 0.29) is 5.75 Å². The third-order valence-electron chi connectivity index (χ3n) is 4.03. The normalized spacial score (nSPS) is 13.1. The highest BCUT2D eigenvalue weighted by Gasteiger charge is 2.11. The van der Waals surface area contributed by atoms with Crippen LogP contribution >= 0.6 is 0 Å². The summed E-state index contributed by atoms with van der Waals surface area (Å²) in [4.78, 5) is 4.46. The molecule has 0 fully saturated rings. The number of phenols is 1. The van der Waals surface area contributed by atoms with Crippen molar-refractivity contribution in [2.24, 2.45) is 4.99 Å². The molecule has 1 N–H and O–H groups in total. The van der Waals surface area contributed by atoms with Gasteiger partial charge < -0.3 is 14.6 Å². The van der Waals surface area contributed by atoms with Gasteiger partial charge in [-0.25, -0.2) is 0 Å². The van der Waals surface area contributed by atoms with E-state index in [2.05, 4.69) is 4.99 Å². The highest BCUT2D eigenvalue weighted by molar-refractivity contribution is 5.89. The standard InChI is InChI=1S/C21H17NO3/c23-21-16(7-4-8-18(21)15-5-2-1-3-6-15)14-22-17-9-10-19-20(13-17)25-12-11-24-19/h1-10,13-14,23H,11-12H2. The summed E-state index contributed by atoms with van der Waals surface area (Å²) in [6.45, 7) is 1.11. The Kier molecular flexibility index (Phi) is 4.09. The zero-order valence-corrected chi connectivity index (χ0v) is 13.6. The number of ether oxygens (including phenoxy) is 2. The minimum absolute atomic E-state index is 0.218. The molecule has 25 heavy (non-hydrogen) atoms. The lowest BCUT2D eigenvalue weighted by Gasteiger charge is -2.18. The highest BCUT2D eigenvalue weighted by Crippen LogP contribution is 2.34. The first-order chi connectivity index (χ1) is 12.3. The smallest absolute Gasteiger partial charge is 0.163 e. The number of para-hydroxylation sites is 1. The number of hydrogen-bond acceptors (Lipinski definition) is 4. The Morgan fingerprint density at radius 3 is 2.48 bits per heavy atom. The van der Waals surface area contributed by atoms with E-state index < -0.39 is 0 Å². The first kappa shape index (κ1) is 15.3. The molecule has 4 heteroatoms. The SMILES string of the molecule is Oc1c(C=Nc2ccc3c(c2)OCCO3)cccc1-c1ccccc1. The minimum Gasteiger partial charge on any atom is -0.507 e. The topological polar surface area (TPSA) is 51.1 Å². The fourth-order valence-corrected chi connectivity index (χ4v) is 2.77. The Morgan fingerprint density at radius 2 is 1.64 bits per heavy atom. The van der Waals surface area contributed by atoms with Gasteiger partial charge in [-0.05, 0) is 23.8 Å². The second-order valence-corrected chi connectivity index (χ2v) is 5.70. The molecule has 0 aliphatic carbocycles. The number of phenolic OH excluding ortho intramolecular Hbond substituents is 1. The first-order valence-electron chi connectivity index (χ1n) is 8.12. The van der Waals surface area contributed by atoms with E-state index in [0.717, 1.165) is 22.6 Å². The van der Waals surface area contributed by atoms with Gasteiger partial charge in [0.05, 0.1) is 5.69 Å². The number of rotatable bonds is 3. The summed E-state index contributed by atoms with van der Waals surface area (Å²) in [7, 11) is 0. The molecular formula is C21H17NO3. The zero-order chi connectivity index (χ0) is 17.1. The number of aliphatic imine (C=N–C) groups is 1. The maximum Gasteiger partial charge on any atom is 0.163 e. The zero-order valence-electron chi connectivity index (χ0n) is 13.6. The fourth-order valence-electron chi connectivity index (χ4n) is 2.77. The van der Waals surface area contributed by atoms with E-state index in [1.807, 2.05) is 66.7 Å². The Morgan fingerprint density at radius 1 is 0.840 bits per heavy atom. The minimum atomic E-state index is 0.218. The summed E-state index contributed by atoms with van der Waals surface area (Å²) in [5, 5.41) is 10.6. The lowest BCUT2D eigenvalue weighted by atomic mass is 10.0. The van der Waals surface area contributed by atoms with Crippen LogP contribution in [0.2, 0.25) is 0 Å². The molecule has 124 valence electrons. The molecule has 0 radical (unpaired) electrons. The second-order valence-electron chi connectivity index (χ2n) is 5.70. The van der Waals surface area contributed by atoms with E-state index in [1.165, 1.54) is 0 Å². The van der Waals surface area contributed by atoms with Crippen LogP contribution in [0.15, 0.2) is 71.7 Å². The maximum absolute atomic E-state index is 10.6. The number of nitrogens with zero attached hydrogens (tertiary/aromatic N) is 1. The Bertz CT molecular complexity index is 920. The molecule has 3 aromatic rings. The summed E-state index contributed by atoms with van der Waals surface area (Å²) < 4.78 is 11.1. The van der Waals surface area contributed by atoms with Crippen molar-refractivity contribution in [2.75, 3.05) is 13.2 Å². The van der Waals surface area contributed by atoms with Gasteiger partial charge in [-0.3, -0.25) is 4.99 Å². The highest BCUT2D eigenvalue weighted by atomic mass is 16.6. The Labute approximate surface area is 146 Å². The van der Waals surface area contributed by atoms with Crippen molar-refractivity contribution in [3.8, 4) is 28.4 Å². The average molecular weight is 331 g/mol. The van der Waals surface area contributed by atoms with Crippen LogP contribution in [0, 0.1) is 0 Å². The lowest BCUT2D eigenvalue weighted by molar-refractivity contribution is 0.171. The quantitative estimate of drug-likeness (QED) is 0.715. The summed E-state index contributed by atoms with van der Waals surface area (Å²) in [6, 6.07) is 21.0. The van der Waals surface area contributed by atoms with E-state index in [0.29, 0.717) is 24.5 Å². The van der Waals surface area contributed by atoms with E-state index >= 15 is 0 Å². The molecule has 1 heterocycles. The van der Waals surface area contributed by atoms with Crippen LogP contribution in [0.25, 0.3) is 11.1 Å². The predicted molar refractivity (Wildman–Crippen MR) is 98.2 cm³/mol. The van der Waals surface area contributed by atoms with Crippen molar-refractivity contribution >= 4 is 11.9 Å². The molecule has 4 rings (SSSR count). The van der Waals surface area contributed by atoms with E-state index in [4.69, 9.17) is 9.47 Å². The van der Waals surface area contributed by atoms with Crippen LogP contribution in [-0.4, -0.2) is 24.5 Å². The summed E-state index contributed by atoms with van der Waals surface area (Å²) in [5.74, 6) is 1.65. The van der Waals surface area contributed by atoms with Crippen LogP contribution in [0.4, 0.5) is 5.69 Å². The molecule has 0 unspecified atom stereocenters. The Hall–Kier alpha value is -3.27. The number of hydrogen-bond donors (Lipinski definition) is 1. The van der Waals surface area contributed by atoms with Crippen LogP contribution in [0.1, 0.15) is 5.56 Å².